The van der Waals surface area contributed by atoms with Gasteiger partial charge in [0.25, 0.3) is 0 Å². The highest BCUT2D eigenvalue weighted by molar-refractivity contribution is 7.99. The first-order valence-corrected chi connectivity index (χ1v) is 8.40. The van der Waals surface area contributed by atoms with Gasteiger partial charge in [-0.25, -0.2) is 9.67 Å². The highest BCUT2D eigenvalue weighted by atomic mass is 32.2. The molecule has 1 amide bonds. The summed E-state index contributed by atoms with van der Waals surface area (Å²) in [5.41, 5.74) is 0.641. The number of anilines is 1. The molecule has 3 heterocycles. The molecule has 0 spiro atoms. The maximum absolute atomic E-state index is 12.1. The van der Waals surface area contributed by atoms with Crippen LogP contribution in [0.3, 0.4) is 0 Å². The fourth-order valence-corrected chi connectivity index (χ4v) is 2.86. The number of aromatic nitrogens is 6. The summed E-state index contributed by atoms with van der Waals surface area (Å²) < 4.78 is 3.58. The summed E-state index contributed by atoms with van der Waals surface area (Å²) >= 11 is 1.35. The molecule has 0 bridgehead atoms. The summed E-state index contributed by atoms with van der Waals surface area (Å²) in [4.78, 5) is 16.3. The Morgan fingerprint density at radius 1 is 1.38 bits per heavy atom. The van der Waals surface area contributed by atoms with Crippen molar-refractivity contribution in [2.45, 2.75) is 25.0 Å². The van der Waals surface area contributed by atoms with Crippen LogP contribution < -0.4 is 5.32 Å². The summed E-state index contributed by atoms with van der Waals surface area (Å²) in [7, 11) is 0. The summed E-state index contributed by atoms with van der Waals surface area (Å²) in [5, 5.41) is 15.6. The molecule has 3 aromatic heterocycles. The molecule has 0 saturated carbocycles. The molecule has 0 aliphatic carbocycles. The van der Waals surface area contributed by atoms with Crippen LogP contribution in [0.25, 0.3) is 5.82 Å². The van der Waals surface area contributed by atoms with E-state index in [1.54, 1.807) is 35.5 Å². The third-order valence-corrected chi connectivity index (χ3v) is 4.16. The minimum absolute atomic E-state index is 0.119. The van der Waals surface area contributed by atoms with Crippen LogP contribution in [0.1, 0.15) is 19.9 Å². The van der Waals surface area contributed by atoms with Crippen molar-refractivity contribution in [1.29, 1.82) is 0 Å². The number of amides is 1. The zero-order chi connectivity index (χ0) is 16.9. The summed E-state index contributed by atoms with van der Waals surface area (Å²) in [6.07, 6.45) is 6.77. The van der Waals surface area contributed by atoms with Gasteiger partial charge in [0.15, 0.2) is 11.0 Å². The van der Waals surface area contributed by atoms with Crippen molar-refractivity contribution in [2.24, 2.45) is 0 Å². The third kappa shape index (κ3) is 3.80. The van der Waals surface area contributed by atoms with Crippen molar-refractivity contribution in [3.8, 4) is 5.82 Å². The lowest BCUT2D eigenvalue weighted by Crippen LogP contribution is -2.15. The maximum atomic E-state index is 12.1. The molecule has 1 N–H and O–H groups in total. The number of thioether (sulfide) groups is 1. The third-order valence-electron chi connectivity index (χ3n) is 3.20. The molecule has 8 nitrogen and oxygen atoms in total. The Morgan fingerprint density at radius 2 is 2.25 bits per heavy atom. The first kappa shape index (κ1) is 16.2. The van der Waals surface area contributed by atoms with Gasteiger partial charge in [-0.05, 0) is 32.0 Å². The number of nitrogens with zero attached hydrogens (tertiary/aromatic N) is 6. The molecule has 0 aromatic carbocycles. The molecule has 0 aliphatic heterocycles. The zero-order valence-corrected chi connectivity index (χ0v) is 14.1. The van der Waals surface area contributed by atoms with E-state index in [-0.39, 0.29) is 17.7 Å². The lowest BCUT2D eigenvalue weighted by atomic mass is 10.4. The molecule has 3 aromatic rings. The monoisotopic (exact) mass is 343 g/mol. The Labute approximate surface area is 143 Å². The van der Waals surface area contributed by atoms with Gasteiger partial charge in [0, 0.05) is 18.4 Å². The molecule has 0 unspecified atom stereocenters. The van der Waals surface area contributed by atoms with E-state index in [1.807, 2.05) is 30.7 Å². The first-order valence-electron chi connectivity index (χ1n) is 7.41. The van der Waals surface area contributed by atoms with E-state index in [0.717, 1.165) is 5.16 Å². The highest BCUT2D eigenvalue weighted by Gasteiger charge is 2.11. The number of carbonyl (C=O) groups is 1. The Balaban J connectivity index is 1.56. The normalized spacial score (nSPS) is 11.0. The van der Waals surface area contributed by atoms with Crippen LogP contribution in [0, 0.1) is 0 Å². The quantitative estimate of drug-likeness (QED) is 0.690. The first-order chi connectivity index (χ1) is 11.6. The fourth-order valence-electron chi connectivity index (χ4n) is 2.02. The average molecular weight is 343 g/mol. The molecule has 0 aliphatic rings. The second-order valence-electron chi connectivity index (χ2n) is 5.31. The van der Waals surface area contributed by atoms with E-state index in [2.05, 4.69) is 25.6 Å². The van der Waals surface area contributed by atoms with Crippen LogP contribution >= 0.6 is 11.8 Å². The van der Waals surface area contributed by atoms with Gasteiger partial charge in [0.05, 0.1) is 17.6 Å². The molecule has 3 rings (SSSR count). The topological polar surface area (TPSA) is 90.5 Å². The Kier molecular flexibility index (Phi) is 4.90. The van der Waals surface area contributed by atoms with Crippen LogP contribution in [0.15, 0.2) is 48.3 Å². The molecule has 24 heavy (non-hydrogen) atoms. The second-order valence-corrected chi connectivity index (χ2v) is 6.25. The average Bonchev–Trinajstić information content (AvgIpc) is 3.25. The predicted octanol–water partition coefficient (Wildman–Crippen LogP) is 2.17. The van der Waals surface area contributed by atoms with Crippen LogP contribution in [0.5, 0.6) is 0 Å². The molecule has 0 atom stereocenters. The maximum Gasteiger partial charge on any atom is 0.234 e. The highest BCUT2D eigenvalue weighted by Crippen LogP contribution is 2.19. The molecular formula is C15H17N7OS. The molecule has 0 saturated heterocycles. The number of pyridine rings is 1. The minimum atomic E-state index is -0.119. The SMILES string of the molecule is CC(C)n1cnnc1SCC(=O)Nc1ccc(-n2cccn2)nc1. The van der Waals surface area contributed by atoms with Crippen molar-refractivity contribution in [1.82, 2.24) is 29.5 Å². The largest absolute Gasteiger partial charge is 0.324 e. The van der Waals surface area contributed by atoms with E-state index < -0.39 is 0 Å². The predicted molar refractivity (Wildman–Crippen MR) is 91.1 cm³/mol. The van der Waals surface area contributed by atoms with Crippen molar-refractivity contribution in [3.63, 3.8) is 0 Å². The van der Waals surface area contributed by atoms with E-state index in [0.29, 0.717) is 11.5 Å². The van der Waals surface area contributed by atoms with Gasteiger partial charge in [-0.2, -0.15) is 5.10 Å². The molecular weight excluding hydrogens is 326 g/mol. The van der Waals surface area contributed by atoms with Crippen molar-refractivity contribution in [3.05, 3.63) is 43.1 Å². The fraction of sp³-hybridized carbons (Fsp3) is 0.267. The zero-order valence-electron chi connectivity index (χ0n) is 13.3. The summed E-state index contributed by atoms with van der Waals surface area (Å²) in [6.45, 7) is 4.08. The number of carbonyl (C=O) groups excluding carboxylic acids is 1. The molecule has 9 heteroatoms. The van der Waals surface area contributed by atoms with Crippen molar-refractivity contribution in [2.75, 3.05) is 11.1 Å². The van der Waals surface area contributed by atoms with E-state index in [4.69, 9.17) is 0 Å². The summed E-state index contributed by atoms with van der Waals surface area (Å²) in [6, 6.07) is 5.67. The van der Waals surface area contributed by atoms with Gasteiger partial charge in [-0.15, -0.1) is 10.2 Å². The van der Waals surface area contributed by atoms with Crippen LogP contribution in [0.4, 0.5) is 5.69 Å². The van der Waals surface area contributed by atoms with Crippen LogP contribution in [-0.2, 0) is 4.79 Å². The lowest BCUT2D eigenvalue weighted by molar-refractivity contribution is -0.113. The number of rotatable bonds is 6. The lowest BCUT2D eigenvalue weighted by Gasteiger charge is -2.09. The van der Waals surface area contributed by atoms with Gasteiger partial charge in [-0.1, -0.05) is 11.8 Å². The van der Waals surface area contributed by atoms with Gasteiger partial charge in [0.1, 0.15) is 6.33 Å². The number of nitrogens with one attached hydrogen (secondary N) is 1. The number of hydrogen-bond donors (Lipinski definition) is 1. The number of hydrogen-bond acceptors (Lipinski definition) is 6. The Morgan fingerprint density at radius 3 is 2.92 bits per heavy atom. The van der Waals surface area contributed by atoms with Gasteiger partial charge < -0.3 is 9.88 Å². The smallest absolute Gasteiger partial charge is 0.234 e. The van der Waals surface area contributed by atoms with Gasteiger partial charge in [-0.3, -0.25) is 4.79 Å². The second kappa shape index (κ2) is 7.26. The Hall–Kier alpha value is -2.68. The molecule has 0 fully saturated rings. The van der Waals surface area contributed by atoms with Crippen molar-refractivity contribution < 1.29 is 4.79 Å². The van der Waals surface area contributed by atoms with E-state index in [1.165, 1.54) is 11.8 Å². The summed E-state index contributed by atoms with van der Waals surface area (Å²) in [5.74, 6) is 0.830. The van der Waals surface area contributed by atoms with Crippen molar-refractivity contribution >= 4 is 23.4 Å². The molecule has 124 valence electrons. The van der Waals surface area contributed by atoms with Crippen LogP contribution in [0.2, 0.25) is 0 Å². The Bertz CT molecular complexity index is 796. The van der Waals surface area contributed by atoms with E-state index >= 15 is 0 Å². The standard InChI is InChI=1S/C15H17N7OS/c1-11(2)21-10-17-20-15(21)24-9-14(23)19-12-4-5-13(16-8-12)22-7-3-6-18-22/h3-8,10-11H,9H2,1-2H3,(H,19,23). The molecule has 0 radical (unpaired) electrons. The van der Waals surface area contributed by atoms with Gasteiger partial charge in [0.2, 0.25) is 5.91 Å². The van der Waals surface area contributed by atoms with Crippen LogP contribution in [-0.4, -0.2) is 41.2 Å². The van der Waals surface area contributed by atoms with Gasteiger partial charge >= 0.3 is 0 Å². The minimum Gasteiger partial charge on any atom is -0.324 e. The van der Waals surface area contributed by atoms with E-state index in [9.17, 15) is 4.79 Å².